The molecule has 0 radical (unpaired) electrons. The molecule has 1 heterocycles. The van der Waals surface area contributed by atoms with Gasteiger partial charge in [-0.15, -0.1) is 0 Å². The minimum atomic E-state index is 0.241. The Hall–Kier alpha value is -1.85. The zero-order chi connectivity index (χ0) is 13.0. The smallest absolute Gasteiger partial charge is 0.235 e. The van der Waals surface area contributed by atoms with Crippen LogP contribution in [0.2, 0.25) is 0 Å². The fraction of sp³-hybridized carbons (Fsp3) is 0.583. The maximum absolute atomic E-state index is 5.68. The van der Waals surface area contributed by atoms with Crippen LogP contribution in [0.25, 0.3) is 0 Å². The van der Waals surface area contributed by atoms with Crippen LogP contribution in [-0.4, -0.2) is 29.0 Å². The summed E-state index contributed by atoms with van der Waals surface area (Å²) >= 11 is 0. The van der Waals surface area contributed by atoms with Gasteiger partial charge in [0.2, 0.25) is 17.8 Å². The van der Waals surface area contributed by atoms with Crippen molar-refractivity contribution in [2.75, 3.05) is 30.0 Å². The van der Waals surface area contributed by atoms with Crippen LogP contribution in [0.5, 0.6) is 0 Å². The van der Waals surface area contributed by atoms with Crippen molar-refractivity contribution in [1.82, 2.24) is 15.0 Å². The molecular formula is C12H20N6. The van der Waals surface area contributed by atoms with E-state index < -0.39 is 0 Å². The lowest BCUT2D eigenvalue weighted by molar-refractivity contribution is 0.704. The third-order valence-electron chi connectivity index (χ3n) is 3.11. The van der Waals surface area contributed by atoms with Gasteiger partial charge in [0.05, 0.1) is 0 Å². The minimum absolute atomic E-state index is 0.241. The Balaban J connectivity index is 2.24. The SMILES string of the molecule is CNc1nc(N)nc(N(C)C2=CCCCCC2)n1. The summed E-state index contributed by atoms with van der Waals surface area (Å²) in [6.45, 7) is 0. The lowest BCUT2D eigenvalue weighted by Crippen LogP contribution is -2.20. The Kier molecular flexibility index (Phi) is 3.96. The number of allylic oxidation sites excluding steroid dienone is 2. The molecule has 0 atom stereocenters. The normalized spacial score (nSPS) is 15.8. The highest BCUT2D eigenvalue weighted by Gasteiger charge is 2.13. The number of nitrogens with zero attached hydrogens (tertiary/aromatic N) is 4. The Morgan fingerprint density at radius 2 is 2.06 bits per heavy atom. The second-order valence-electron chi connectivity index (χ2n) is 4.42. The summed E-state index contributed by atoms with van der Waals surface area (Å²) in [6.07, 6.45) is 8.23. The van der Waals surface area contributed by atoms with E-state index in [0.29, 0.717) is 11.9 Å². The zero-order valence-corrected chi connectivity index (χ0v) is 11.0. The molecule has 98 valence electrons. The van der Waals surface area contributed by atoms with Gasteiger partial charge in [-0.3, -0.25) is 0 Å². The molecule has 0 spiro atoms. The van der Waals surface area contributed by atoms with Crippen LogP contribution >= 0.6 is 0 Å². The highest BCUT2D eigenvalue weighted by Crippen LogP contribution is 2.23. The highest BCUT2D eigenvalue weighted by atomic mass is 15.3. The number of hydrogen-bond acceptors (Lipinski definition) is 6. The molecule has 6 nitrogen and oxygen atoms in total. The third-order valence-corrected chi connectivity index (χ3v) is 3.11. The van der Waals surface area contributed by atoms with E-state index in [0.717, 1.165) is 12.8 Å². The van der Waals surface area contributed by atoms with Crippen molar-refractivity contribution in [3.05, 3.63) is 11.8 Å². The number of nitrogens with two attached hydrogens (primary N) is 1. The summed E-state index contributed by atoms with van der Waals surface area (Å²) in [5, 5.41) is 2.89. The molecule has 0 fully saturated rings. The first-order chi connectivity index (χ1) is 8.70. The van der Waals surface area contributed by atoms with Crippen molar-refractivity contribution in [3.63, 3.8) is 0 Å². The largest absolute Gasteiger partial charge is 0.368 e. The quantitative estimate of drug-likeness (QED) is 0.848. The maximum atomic E-state index is 5.68. The van der Waals surface area contributed by atoms with Crippen LogP contribution in [0.1, 0.15) is 32.1 Å². The molecule has 18 heavy (non-hydrogen) atoms. The number of aromatic nitrogens is 3. The van der Waals surface area contributed by atoms with Crippen molar-refractivity contribution in [3.8, 4) is 0 Å². The highest BCUT2D eigenvalue weighted by molar-refractivity contribution is 5.45. The van der Waals surface area contributed by atoms with Crippen LogP contribution in [0.15, 0.2) is 11.8 Å². The second-order valence-corrected chi connectivity index (χ2v) is 4.42. The molecule has 6 heteroatoms. The summed E-state index contributed by atoms with van der Waals surface area (Å²) in [7, 11) is 3.74. The topological polar surface area (TPSA) is 80.0 Å². The molecule has 0 aromatic carbocycles. The average Bonchev–Trinajstić information content (AvgIpc) is 2.65. The molecule has 0 saturated carbocycles. The van der Waals surface area contributed by atoms with Gasteiger partial charge in [-0.05, 0) is 25.7 Å². The molecule has 1 aromatic heterocycles. The number of nitrogen functional groups attached to an aromatic ring is 1. The predicted molar refractivity (Wildman–Crippen MR) is 73.4 cm³/mol. The Labute approximate surface area is 107 Å². The van der Waals surface area contributed by atoms with E-state index >= 15 is 0 Å². The number of hydrogen-bond donors (Lipinski definition) is 2. The van der Waals surface area contributed by atoms with Gasteiger partial charge in [-0.2, -0.15) is 15.0 Å². The van der Waals surface area contributed by atoms with E-state index in [1.165, 1.54) is 25.0 Å². The van der Waals surface area contributed by atoms with Crippen LogP contribution in [0.4, 0.5) is 17.8 Å². The molecule has 0 unspecified atom stereocenters. The molecule has 0 bridgehead atoms. The first-order valence-corrected chi connectivity index (χ1v) is 6.33. The lowest BCUT2D eigenvalue weighted by atomic mass is 10.2. The molecule has 3 N–H and O–H groups in total. The van der Waals surface area contributed by atoms with Gasteiger partial charge >= 0.3 is 0 Å². The summed E-state index contributed by atoms with van der Waals surface area (Å²) in [4.78, 5) is 14.5. The summed E-state index contributed by atoms with van der Waals surface area (Å²) < 4.78 is 0. The minimum Gasteiger partial charge on any atom is -0.368 e. The lowest BCUT2D eigenvalue weighted by Gasteiger charge is -2.20. The Morgan fingerprint density at radius 3 is 2.83 bits per heavy atom. The van der Waals surface area contributed by atoms with Crippen molar-refractivity contribution in [1.29, 1.82) is 0 Å². The Bertz CT molecular complexity index is 442. The van der Waals surface area contributed by atoms with Crippen molar-refractivity contribution in [2.45, 2.75) is 32.1 Å². The van der Waals surface area contributed by atoms with E-state index in [1.54, 1.807) is 7.05 Å². The van der Waals surface area contributed by atoms with Gasteiger partial charge in [0, 0.05) is 19.8 Å². The monoisotopic (exact) mass is 248 g/mol. The van der Waals surface area contributed by atoms with E-state index in [4.69, 9.17) is 5.73 Å². The van der Waals surface area contributed by atoms with Crippen molar-refractivity contribution >= 4 is 17.8 Å². The number of nitrogens with one attached hydrogen (secondary N) is 1. The average molecular weight is 248 g/mol. The van der Waals surface area contributed by atoms with Crippen molar-refractivity contribution in [2.24, 2.45) is 0 Å². The van der Waals surface area contributed by atoms with Gasteiger partial charge in [-0.1, -0.05) is 12.5 Å². The maximum Gasteiger partial charge on any atom is 0.235 e. The Morgan fingerprint density at radius 1 is 1.22 bits per heavy atom. The molecular weight excluding hydrogens is 228 g/mol. The van der Waals surface area contributed by atoms with Gasteiger partial charge in [0.1, 0.15) is 0 Å². The molecule has 0 amide bonds. The predicted octanol–water partition coefficient (Wildman–Crippen LogP) is 1.78. The zero-order valence-electron chi connectivity index (χ0n) is 11.0. The fourth-order valence-electron chi connectivity index (χ4n) is 2.07. The fourth-order valence-corrected chi connectivity index (χ4v) is 2.07. The molecule has 1 aliphatic carbocycles. The van der Waals surface area contributed by atoms with Crippen LogP contribution in [0, 0.1) is 0 Å². The van der Waals surface area contributed by atoms with Crippen LogP contribution in [-0.2, 0) is 0 Å². The van der Waals surface area contributed by atoms with Gasteiger partial charge in [-0.25, -0.2) is 0 Å². The van der Waals surface area contributed by atoms with Crippen molar-refractivity contribution < 1.29 is 0 Å². The standard InChI is InChI=1S/C12H20N6/c1-14-11-15-10(13)16-12(17-11)18(2)9-7-5-3-4-6-8-9/h7H,3-6,8H2,1-2H3,(H3,13,14,15,16,17). The van der Waals surface area contributed by atoms with Crippen LogP contribution in [0.3, 0.4) is 0 Å². The van der Waals surface area contributed by atoms with Gasteiger partial charge in [0.15, 0.2) is 0 Å². The summed E-state index contributed by atoms with van der Waals surface area (Å²) in [6, 6.07) is 0. The number of anilines is 3. The van der Waals surface area contributed by atoms with E-state index in [-0.39, 0.29) is 5.95 Å². The summed E-state index contributed by atoms with van der Waals surface area (Å²) in [5.41, 5.74) is 6.95. The molecule has 2 rings (SSSR count). The molecule has 1 aliphatic rings. The van der Waals surface area contributed by atoms with E-state index in [1.807, 2.05) is 11.9 Å². The van der Waals surface area contributed by atoms with E-state index in [2.05, 4.69) is 26.3 Å². The first kappa shape index (κ1) is 12.6. The van der Waals surface area contributed by atoms with Gasteiger partial charge < -0.3 is 16.0 Å². The van der Waals surface area contributed by atoms with E-state index in [9.17, 15) is 0 Å². The van der Waals surface area contributed by atoms with Crippen LogP contribution < -0.4 is 16.0 Å². The molecule has 1 aromatic rings. The second kappa shape index (κ2) is 5.66. The number of rotatable bonds is 3. The first-order valence-electron chi connectivity index (χ1n) is 6.33. The molecule has 0 saturated heterocycles. The molecule has 0 aliphatic heterocycles. The van der Waals surface area contributed by atoms with Gasteiger partial charge in [0.25, 0.3) is 0 Å². The third kappa shape index (κ3) is 2.88. The summed E-state index contributed by atoms with van der Waals surface area (Å²) in [5.74, 6) is 1.34.